The number of piperidine rings is 1. The molecule has 6 heteroatoms. The molecular formula is C18H26ClN3O2. The fraction of sp³-hybridized carbons (Fsp3) is 0.556. The second-order valence-electron chi connectivity index (χ2n) is 6.96. The molecule has 2 fully saturated rings. The molecule has 0 saturated carbocycles. The number of carbonyl (C=O) groups excluding carboxylic acids is 2. The van der Waals surface area contributed by atoms with E-state index in [0.29, 0.717) is 23.2 Å². The lowest BCUT2D eigenvalue weighted by Crippen LogP contribution is -2.48. The zero-order valence-electron chi connectivity index (χ0n) is 14.5. The van der Waals surface area contributed by atoms with E-state index in [-0.39, 0.29) is 30.3 Å². The van der Waals surface area contributed by atoms with Crippen LogP contribution in [0.2, 0.25) is 0 Å². The highest BCUT2D eigenvalue weighted by Gasteiger charge is 2.36. The number of nitrogens with one attached hydrogen (secondary N) is 1. The Kier molecular flexibility index (Phi) is 5.88. The van der Waals surface area contributed by atoms with Crippen LogP contribution in [0.15, 0.2) is 24.3 Å². The van der Waals surface area contributed by atoms with Gasteiger partial charge in [0.2, 0.25) is 0 Å². The Morgan fingerprint density at radius 2 is 1.54 bits per heavy atom. The third-order valence-electron chi connectivity index (χ3n) is 5.08. The van der Waals surface area contributed by atoms with E-state index >= 15 is 0 Å². The molecule has 1 aromatic carbocycles. The van der Waals surface area contributed by atoms with Crippen molar-refractivity contribution >= 4 is 24.2 Å². The van der Waals surface area contributed by atoms with Crippen molar-refractivity contribution in [3.05, 3.63) is 35.4 Å². The van der Waals surface area contributed by atoms with E-state index < -0.39 is 0 Å². The topological polar surface area (TPSA) is 52.7 Å². The van der Waals surface area contributed by atoms with E-state index in [2.05, 4.69) is 5.32 Å². The van der Waals surface area contributed by atoms with Gasteiger partial charge in [-0.25, -0.2) is 0 Å². The van der Waals surface area contributed by atoms with Crippen molar-refractivity contribution in [1.29, 1.82) is 0 Å². The van der Waals surface area contributed by atoms with Crippen LogP contribution in [0.1, 0.15) is 46.4 Å². The minimum absolute atomic E-state index is 0. The summed E-state index contributed by atoms with van der Waals surface area (Å²) in [5, 5.41) is 3.60. The minimum Gasteiger partial charge on any atom is -0.345 e. The van der Waals surface area contributed by atoms with E-state index in [9.17, 15) is 9.59 Å². The first kappa shape index (κ1) is 18.7. The van der Waals surface area contributed by atoms with Crippen molar-refractivity contribution in [2.75, 3.05) is 21.1 Å². The number of benzene rings is 1. The van der Waals surface area contributed by atoms with Crippen molar-refractivity contribution in [3.8, 4) is 0 Å². The second-order valence-corrected chi connectivity index (χ2v) is 6.96. The van der Waals surface area contributed by atoms with Crippen LogP contribution in [-0.4, -0.2) is 60.9 Å². The molecule has 2 atom stereocenters. The van der Waals surface area contributed by atoms with Crippen LogP contribution < -0.4 is 5.32 Å². The van der Waals surface area contributed by atoms with E-state index in [1.165, 1.54) is 17.7 Å². The minimum atomic E-state index is -0.0813. The molecule has 2 amide bonds. The summed E-state index contributed by atoms with van der Waals surface area (Å²) in [7, 11) is 5.32. The van der Waals surface area contributed by atoms with Gasteiger partial charge in [0.1, 0.15) is 0 Å². The van der Waals surface area contributed by atoms with Crippen LogP contribution in [0, 0.1) is 0 Å². The molecule has 5 nitrogen and oxygen atoms in total. The molecule has 0 radical (unpaired) electrons. The predicted octanol–water partition coefficient (Wildman–Crippen LogP) is 2.17. The standard InChI is InChI=1S/C18H25N3O2.ClH/c1-20(2)17(22)12-5-4-6-13(9-12)18(23)21(3)16-10-14-7-8-15(11-16)19-14;/h4-6,9,14-16,19H,7-8,10-11H2,1-3H3;1H. The van der Waals surface area contributed by atoms with Crippen molar-refractivity contribution in [2.24, 2.45) is 0 Å². The summed E-state index contributed by atoms with van der Waals surface area (Å²) in [4.78, 5) is 28.3. The Balaban J connectivity index is 0.00000208. The van der Waals surface area contributed by atoms with Crippen LogP contribution in [0.5, 0.6) is 0 Å². The summed E-state index contributed by atoms with van der Waals surface area (Å²) in [5.74, 6) is -0.0769. The highest BCUT2D eigenvalue weighted by Crippen LogP contribution is 2.29. The Bertz CT molecular complexity index is 608. The molecule has 2 bridgehead atoms. The van der Waals surface area contributed by atoms with Gasteiger partial charge in [-0.15, -0.1) is 12.4 Å². The molecule has 24 heavy (non-hydrogen) atoms. The Morgan fingerprint density at radius 1 is 1.00 bits per heavy atom. The number of halogens is 1. The number of hydrogen-bond donors (Lipinski definition) is 1. The summed E-state index contributed by atoms with van der Waals surface area (Å²) in [6.45, 7) is 0. The fourth-order valence-electron chi connectivity index (χ4n) is 3.76. The summed E-state index contributed by atoms with van der Waals surface area (Å²) in [6.07, 6.45) is 4.48. The van der Waals surface area contributed by atoms with Crippen LogP contribution >= 0.6 is 12.4 Å². The third kappa shape index (κ3) is 3.73. The highest BCUT2D eigenvalue weighted by atomic mass is 35.5. The molecule has 0 aliphatic carbocycles. The van der Waals surface area contributed by atoms with Gasteiger partial charge in [-0.1, -0.05) is 6.07 Å². The fourth-order valence-corrected chi connectivity index (χ4v) is 3.76. The van der Waals surface area contributed by atoms with Crippen molar-refractivity contribution in [3.63, 3.8) is 0 Å². The SMILES string of the molecule is CN(C)C(=O)c1cccc(C(=O)N(C)C2CC3CCC(C2)N3)c1.Cl. The van der Waals surface area contributed by atoms with Gasteiger partial charge < -0.3 is 15.1 Å². The van der Waals surface area contributed by atoms with Crippen molar-refractivity contribution in [2.45, 2.75) is 43.8 Å². The van der Waals surface area contributed by atoms with Gasteiger partial charge in [0.05, 0.1) is 0 Å². The molecular weight excluding hydrogens is 326 g/mol. The summed E-state index contributed by atoms with van der Waals surface area (Å²) >= 11 is 0. The lowest BCUT2D eigenvalue weighted by atomic mass is 9.97. The maximum Gasteiger partial charge on any atom is 0.253 e. The first-order chi connectivity index (χ1) is 11.0. The number of amides is 2. The van der Waals surface area contributed by atoms with Crippen molar-refractivity contribution in [1.82, 2.24) is 15.1 Å². The molecule has 0 spiro atoms. The van der Waals surface area contributed by atoms with Crippen LogP contribution in [0.3, 0.4) is 0 Å². The molecule has 132 valence electrons. The number of fused-ring (bicyclic) bond motifs is 2. The number of carbonyl (C=O) groups is 2. The van der Waals surface area contributed by atoms with Crippen LogP contribution in [0.4, 0.5) is 0 Å². The molecule has 2 unspecified atom stereocenters. The largest absolute Gasteiger partial charge is 0.345 e. The average molecular weight is 352 g/mol. The summed E-state index contributed by atoms with van der Waals surface area (Å²) in [6, 6.07) is 8.42. The number of nitrogens with zero attached hydrogens (tertiary/aromatic N) is 2. The molecule has 1 aromatic rings. The van der Waals surface area contributed by atoms with Crippen molar-refractivity contribution < 1.29 is 9.59 Å². The second kappa shape index (κ2) is 7.53. The van der Waals surface area contributed by atoms with Crippen LogP contribution in [-0.2, 0) is 0 Å². The zero-order chi connectivity index (χ0) is 16.6. The van der Waals surface area contributed by atoms with Gasteiger partial charge >= 0.3 is 0 Å². The van der Waals surface area contributed by atoms with Gasteiger partial charge in [-0.2, -0.15) is 0 Å². The van der Waals surface area contributed by atoms with E-state index in [4.69, 9.17) is 0 Å². The normalized spacial score (nSPS) is 24.9. The quantitative estimate of drug-likeness (QED) is 0.908. The zero-order valence-corrected chi connectivity index (χ0v) is 15.3. The van der Waals surface area contributed by atoms with Gasteiger partial charge in [0.15, 0.2) is 0 Å². The smallest absolute Gasteiger partial charge is 0.253 e. The van der Waals surface area contributed by atoms with Gasteiger partial charge in [-0.3, -0.25) is 9.59 Å². The van der Waals surface area contributed by atoms with E-state index in [1.807, 2.05) is 11.9 Å². The molecule has 2 saturated heterocycles. The molecule has 1 N–H and O–H groups in total. The Morgan fingerprint density at radius 3 is 2.08 bits per heavy atom. The first-order valence-corrected chi connectivity index (χ1v) is 8.30. The monoisotopic (exact) mass is 351 g/mol. The van der Waals surface area contributed by atoms with Gasteiger partial charge in [-0.05, 0) is 43.9 Å². The lowest BCUT2D eigenvalue weighted by Gasteiger charge is -2.35. The lowest BCUT2D eigenvalue weighted by molar-refractivity contribution is 0.0681. The molecule has 2 aliphatic rings. The van der Waals surface area contributed by atoms with E-state index in [0.717, 1.165) is 12.8 Å². The summed E-state index contributed by atoms with van der Waals surface area (Å²) in [5.41, 5.74) is 1.14. The Hall–Kier alpha value is -1.59. The number of rotatable bonds is 3. The maximum absolute atomic E-state index is 12.8. The highest BCUT2D eigenvalue weighted by molar-refractivity contribution is 5.99. The first-order valence-electron chi connectivity index (χ1n) is 8.30. The van der Waals surface area contributed by atoms with Gasteiger partial charge in [0.25, 0.3) is 11.8 Å². The number of hydrogen-bond acceptors (Lipinski definition) is 3. The molecule has 3 rings (SSSR count). The Labute approximate surface area is 149 Å². The summed E-state index contributed by atoms with van der Waals surface area (Å²) < 4.78 is 0. The predicted molar refractivity (Wildman–Crippen MR) is 96.8 cm³/mol. The third-order valence-corrected chi connectivity index (χ3v) is 5.08. The van der Waals surface area contributed by atoms with E-state index in [1.54, 1.807) is 38.4 Å². The molecule has 2 aliphatic heterocycles. The molecule has 2 heterocycles. The van der Waals surface area contributed by atoms with Gasteiger partial charge in [0, 0.05) is 50.4 Å². The molecule has 0 aromatic heterocycles. The van der Waals surface area contributed by atoms with Crippen LogP contribution in [0.25, 0.3) is 0 Å². The average Bonchev–Trinajstić information content (AvgIpc) is 2.90. The maximum atomic E-state index is 12.8.